The molecule has 0 saturated carbocycles. The smallest absolute Gasteiger partial charge is 0.233 e. The highest BCUT2D eigenvalue weighted by Gasteiger charge is 2.13. The Morgan fingerprint density at radius 1 is 1.08 bits per heavy atom. The van der Waals surface area contributed by atoms with Crippen LogP contribution in [0.25, 0.3) is 0 Å². The van der Waals surface area contributed by atoms with Crippen LogP contribution in [0.15, 0.2) is 59.5 Å². The first-order valence-electron chi connectivity index (χ1n) is 8.79. The van der Waals surface area contributed by atoms with E-state index in [0.29, 0.717) is 6.54 Å². The van der Waals surface area contributed by atoms with Crippen molar-refractivity contribution in [3.8, 4) is 5.75 Å². The van der Waals surface area contributed by atoms with Crippen molar-refractivity contribution in [2.24, 2.45) is 0 Å². The normalized spacial score (nSPS) is 12.0. The van der Waals surface area contributed by atoms with Gasteiger partial charge in [0.25, 0.3) is 0 Å². The number of nitrogens with one attached hydrogen (secondary N) is 1. The number of ether oxygens (including phenoxy) is 1. The van der Waals surface area contributed by atoms with Crippen molar-refractivity contribution in [1.82, 2.24) is 5.32 Å². The van der Waals surface area contributed by atoms with Crippen LogP contribution in [-0.2, 0) is 11.2 Å². The Labute approximate surface area is 155 Å². The molecule has 0 aromatic heterocycles. The molecule has 0 unspecified atom stereocenters. The molecule has 1 N–H and O–H groups in total. The van der Waals surface area contributed by atoms with Gasteiger partial charge in [-0.15, -0.1) is 11.8 Å². The Balaban J connectivity index is 1.71. The molecule has 0 spiro atoms. The second-order valence-electron chi connectivity index (χ2n) is 6.28. The average Bonchev–Trinajstić information content (AvgIpc) is 2.59. The number of hydrogen-bond acceptors (Lipinski definition) is 3. The first-order valence-corrected chi connectivity index (χ1v) is 9.67. The van der Waals surface area contributed by atoms with Crippen LogP contribution in [0.4, 0.5) is 0 Å². The van der Waals surface area contributed by atoms with E-state index < -0.39 is 0 Å². The van der Waals surface area contributed by atoms with E-state index in [9.17, 15) is 4.79 Å². The SMILES string of the molecule is CC(C)Oc1cccc(CCCNC(=O)[C@H](C)Sc2ccccc2)c1. The minimum Gasteiger partial charge on any atom is -0.491 e. The van der Waals surface area contributed by atoms with Gasteiger partial charge in [-0.3, -0.25) is 4.79 Å². The van der Waals surface area contributed by atoms with E-state index in [2.05, 4.69) is 17.4 Å². The summed E-state index contributed by atoms with van der Waals surface area (Å²) in [6.45, 7) is 6.68. The summed E-state index contributed by atoms with van der Waals surface area (Å²) in [6, 6.07) is 18.2. The van der Waals surface area contributed by atoms with E-state index in [4.69, 9.17) is 4.74 Å². The maximum Gasteiger partial charge on any atom is 0.233 e. The standard InChI is InChI=1S/C21H27NO2S/c1-16(2)24-19-11-7-9-18(15-19)10-8-14-22-21(23)17(3)25-20-12-5-4-6-13-20/h4-7,9,11-13,15-17H,8,10,14H2,1-3H3,(H,22,23)/t17-/m0/s1. The molecular formula is C21H27NO2S. The lowest BCUT2D eigenvalue weighted by atomic mass is 10.1. The van der Waals surface area contributed by atoms with Gasteiger partial charge in [-0.2, -0.15) is 0 Å². The third kappa shape index (κ3) is 7.22. The van der Waals surface area contributed by atoms with Crippen molar-refractivity contribution in [2.45, 2.75) is 49.9 Å². The van der Waals surface area contributed by atoms with Crippen LogP contribution in [0.3, 0.4) is 0 Å². The zero-order chi connectivity index (χ0) is 18.1. The lowest BCUT2D eigenvalue weighted by Crippen LogP contribution is -2.31. The molecule has 4 heteroatoms. The van der Waals surface area contributed by atoms with E-state index in [0.717, 1.165) is 23.5 Å². The molecule has 134 valence electrons. The van der Waals surface area contributed by atoms with Crippen LogP contribution < -0.4 is 10.1 Å². The van der Waals surface area contributed by atoms with E-state index in [1.54, 1.807) is 11.8 Å². The second kappa shape index (κ2) is 10.1. The molecule has 0 aliphatic rings. The summed E-state index contributed by atoms with van der Waals surface area (Å²) in [4.78, 5) is 13.3. The monoisotopic (exact) mass is 357 g/mol. The molecule has 0 bridgehead atoms. The zero-order valence-electron chi connectivity index (χ0n) is 15.2. The number of rotatable bonds is 9. The topological polar surface area (TPSA) is 38.3 Å². The van der Waals surface area contributed by atoms with E-state index in [-0.39, 0.29) is 17.3 Å². The number of carbonyl (C=O) groups is 1. The molecule has 2 aromatic carbocycles. The molecule has 0 radical (unpaired) electrons. The summed E-state index contributed by atoms with van der Waals surface area (Å²) in [6.07, 6.45) is 2.02. The van der Waals surface area contributed by atoms with E-state index in [1.807, 2.05) is 63.2 Å². The largest absolute Gasteiger partial charge is 0.491 e. The molecule has 1 atom stereocenters. The maximum atomic E-state index is 12.2. The third-order valence-corrected chi connectivity index (χ3v) is 4.75. The Morgan fingerprint density at radius 3 is 2.56 bits per heavy atom. The molecular weight excluding hydrogens is 330 g/mol. The fourth-order valence-electron chi connectivity index (χ4n) is 2.45. The first kappa shape index (κ1) is 19.4. The van der Waals surface area contributed by atoms with Gasteiger partial charge in [-0.05, 0) is 63.4 Å². The molecule has 0 aliphatic carbocycles. The highest BCUT2D eigenvalue weighted by atomic mass is 32.2. The van der Waals surface area contributed by atoms with Crippen LogP contribution in [0.2, 0.25) is 0 Å². The van der Waals surface area contributed by atoms with Crippen LogP contribution in [0, 0.1) is 0 Å². The van der Waals surface area contributed by atoms with Crippen LogP contribution in [-0.4, -0.2) is 23.8 Å². The van der Waals surface area contributed by atoms with Gasteiger partial charge in [0, 0.05) is 11.4 Å². The van der Waals surface area contributed by atoms with Gasteiger partial charge in [0.15, 0.2) is 0 Å². The van der Waals surface area contributed by atoms with Crippen molar-refractivity contribution in [1.29, 1.82) is 0 Å². The maximum absolute atomic E-state index is 12.2. The average molecular weight is 358 g/mol. The Hall–Kier alpha value is -1.94. The summed E-state index contributed by atoms with van der Waals surface area (Å²) in [5.74, 6) is 0.996. The number of benzene rings is 2. The number of carbonyl (C=O) groups excluding carboxylic acids is 1. The van der Waals surface area contributed by atoms with Crippen LogP contribution >= 0.6 is 11.8 Å². The highest BCUT2D eigenvalue weighted by molar-refractivity contribution is 8.00. The molecule has 3 nitrogen and oxygen atoms in total. The van der Waals surface area contributed by atoms with Gasteiger partial charge in [-0.25, -0.2) is 0 Å². The molecule has 25 heavy (non-hydrogen) atoms. The summed E-state index contributed by atoms with van der Waals surface area (Å²) < 4.78 is 5.71. The highest BCUT2D eigenvalue weighted by Crippen LogP contribution is 2.22. The number of amides is 1. The molecule has 0 saturated heterocycles. The van der Waals surface area contributed by atoms with Crippen molar-refractivity contribution in [2.75, 3.05) is 6.54 Å². The van der Waals surface area contributed by atoms with Gasteiger partial charge in [0.2, 0.25) is 5.91 Å². The van der Waals surface area contributed by atoms with E-state index in [1.165, 1.54) is 5.56 Å². The summed E-state index contributed by atoms with van der Waals surface area (Å²) in [5.41, 5.74) is 1.24. The quantitative estimate of drug-likeness (QED) is 0.522. The van der Waals surface area contributed by atoms with Crippen molar-refractivity contribution < 1.29 is 9.53 Å². The lowest BCUT2D eigenvalue weighted by molar-refractivity contribution is -0.120. The number of thioether (sulfide) groups is 1. The number of hydrogen-bond donors (Lipinski definition) is 1. The van der Waals surface area contributed by atoms with Gasteiger partial charge in [0.1, 0.15) is 5.75 Å². The summed E-state index contributed by atoms with van der Waals surface area (Å²) in [7, 11) is 0. The van der Waals surface area contributed by atoms with Crippen molar-refractivity contribution in [3.63, 3.8) is 0 Å². The fourth-order valence-corrected chi connectivity index (χ4v) is 3.36. The van der Waals surface area contributed by atoms with Gasteiger partial charge >= 0.3 is 0 Å². The van der Waals surface area contributed by atoms with Gasteiger partial charge in [-0.1, -0.05) is 30.3 Å². The van der Waals surface area contributed by atoms with Crippen LogP contribution in [0.5, 0.6) is 5.75 Å². The predicted octanol–water partition coefficient (Wildman–Crippen LogP) is 4.70. The number of aryl methyl sites for hydroxylation is 1. The molecule has 0 fully saturated rings. The Bertz CT molecular complexity index is 658. The zero-order valence-corrected chi connectivity index (χ0v) is 16.0. The van der Waals surface area contributed by atoms with Gasteiger partial charge in [0.05, 0.1) is 11.4 Å². The molecule has 2 rings (SSSR count). The molecule has 0 aliphatic heterocycles. The second-order valence-corrected chi connectivity index (χ2v) is 7.70. The summed E-state index contributed by atoms with van der Waals surface area (Å²) >= 11 is 1.59. The third-order valence-electron chi connectivity index (χ3n) is 3.64. The fraction of sp³-hybridized carbons (Fsp3) is 0.381. The molecule has 1 amide bonds. The van der Waals surface area contributed by atoms with E-state index >= 15 is 0 Å². The predicted molar refractivity (Wildman–Crippen MR) is 105 cm³/mol. The van der Waals surface area contributed by atoms with Crippen LogP contribution in [0.1, 0.15) is 32.8 Å². The Kier molecular flexibility index (Phi) is 7.86. The Morgan fingerprint density at radius 2 is 1.84 bits per heavy atom. The summed E-state index contributed by atoms with van der Waals surface area (Å²) in [5, 5.41) is 2.94. The minimum absolute atomic E-state index is 0.0887. The van der Waals surface area contributed by atoms with Crippen molar-refractivity contribution >= 4 is 17.7 Å². The molecule has 0 heterocycles. The minimum atomic E-state index is -0.0924. The van der Waals surface area contributed by atoms with Gasteiger partial charge < -0.3 is 10.1 Å². The van der Waals surface area contributed by atoms with Crippen molar-refractivity contribution in [3.05, 3.63) is 60.2 Å². The molecule has 2 aromatic rings. The lowest BCUT2D eigenvalue weighted by Gasteiger charge is -2.13. The first-order chi connectivity index (χ1) is 12.0.